The molecule has 1 fully saturated rings. The van der Waals surface area contributed by atoms with Crippen LogP contribution in [0.1, 0.15) is 36.8 Å². The molecule has 0 bridgehead atoms. The van der Waals surface area contributed by atoms with Gasteiger partial charge in [0.2, 0.25) is 18.6 Å². The molecule has 4 aromatic rings. The Morgan fingerprint density at radius 3 is 2.61 bits per heavy atom. The second-order valence-corrected chi connectivity index (χ2v) is 9.90. The lowest BCUT2D eigenvalue weighted by atomic mass is 9.91. The van der Waals surface area contributed by atoms with Gasteiger partial charge in [0.15, 0.2) is 11.5 Å². The highest BCUT2D eigenvalue weighted by molar-refractivity contribution is 6.01. The zero-order valence-corrected chi connectivity index (χ0v) is 21.2. The maximum Gasteiger partial charge on any atom is 0.250 e. The van der Waals surface area contributed by atoms with Gasteiger partial charge in [-0.25, -0.2) is 4.68 Å². The number of nitrogens with zero attached hydrogens (tertiary/aromatic N) is 4. The summed E-state index contributed by atoms with van der Waals surface area (Å²) in [4.78, 5) is 29.9. The predicted molar refractivity (Wildman–Crippen MR) is 142 cm³/mol. The SMILES string of the molecule is Cc1ccccc1CN(C(=O)Cn1nnc2ccccc21)C1(C(=O)Nc2ccc3c(c2)OCO3)CCCC1. The maximum absolute atomic E-state index is 14.1. The lowest BCUT2D eigenvalue weighted by molar-refractivity contribution is -0.147. The molecule has 0 atom stereocenters. The lowest BCUT2D eigenvalue weighted by Crippen LogP contribution is -2.57. The van der Waals surface area contributed by atoms with Crippen LogP contribution in [-0.4, -0.2) is 44.0 Å². The average Bonchev–Trinajstić information content (AvgIpc) is 3.69. The van der Waals surface area contributed by atoms with Crippen molar-refractivity contribution in [2.75, 3.05) is 12.1 Å². The van der Waals surface area contributed by atoms with E-state index in [1.54, 1.807) is 27.8 Å². The van der Waals surface area contributed by atoms with Crippen molar-refractivity contribution in [1.82, 2.24) is 19.9 Å². The number of carbonyl (C=O) groups is 2. The van der Waals surface area contributed by atoms with Gasteiger partial charge in [-0.15, -0.1) is 5.10 Å². The number of amides is 2. The molecule has 1 aromatic heterocycles. The van der Waals surface area contributed by atoms with E-state index < -0.39 is 5.54 Å². The van der Waals surface area contributed by atoms with E-state index in [2.05, 4.69) is 15.6 Å². The van der Waals surface area contributed by atoms with Gasteiger partial charge < -0.3 is 19.7 Å². The minimum Gasteiger partial charge on any atom is -0.454 e. The van der Waals surface area contributed by atoms with Crippen molar-refractivity contribution in [1.29, 1.82) is 0 Å². The predicted octanol–water partition coefficient (Wildman–Crippen LogP) is 4.45. The first kappa shape index (κ1) is 24.0. The number of hydrogen-bond donors (Lipinski definition) is 1. The molecular weight excluding hydrogens is 482 g/mol. The summed E-state index contributed by atoms with van der Waals surface area (Å²) in [6, 6.07) is 20.9. The van der Waals surface area contributed by atoms with Crippen LogP contribution < -0.4 is 14.8 Å². The monoisotopic (exact) mass is 511 g/mol. The van der Waals surface area contributed by atoms with E-state index in [0.29, 0.717) is 36.6 Å². The fourth-order valence-electron chi connectivity index (χ4n) is 5.48. The first-order chi connectivity index (χ1) is 18.5. The van der Waals surface area contributed by atoms with E-state index in [1.165, 1.54) is 0 Å². The molecule has 2 aliphatic rings. The zero-order chi connectivity index (χ0) is 26.1. The first-order valence-corrected chi connectivity index (χ1v) is 12.9. The summed E-state index contributed by atoms with van der Waals surface area (Å²) in [7, 11) is 0. The fraction of sp³-hybridized carbons (Fsp3) is 0.310. The van der Waals surface area contributed by atoms with Gasteiger partial charge in [-0.2, -0.15) is 0 Å². The highest BCUT2D eigenvalue weighted by atomic mass is 16.7. The number of carbonyl (C=O) groups excluding carboxylic acids is 2. The third-order valence-corrected chi connectivity index (χ3v) is 7.60. The molecule has 194 valence electrons. The van der Waals surface area contributed by atoms with Gasteiger partial charge in [-0.05, 0) is 55.2 Å². The van der Waals surface area contributed by atoms with Gasteiger partial charge in [0.05, 0.1) is 5.52 Å². The second kappa shape index (κ2) is 9.81. The number of aryl methyl sites for hydroxylation is 1. The standard InChI is InChI=1S/C29H29N5O4/c1-20-8-2-3-9-21(20)17-33(27(35)18-34-24-11-5-4-10-23(24)31-32-34)29(14-6-7-15-29)28(36)30-22-12-13-25-26(16-22)38-19-37-25/h2-5,8-13,16H,6-7,14-15,17-19H2,1H3,(H,30,36). The van der Waals surface area contributed by atoms with Crippen LogP contribution in [0.25, 0.3) is 11.0 Å². The Labute approximate surface area is 220 Å². The largest absolute Gasteiger partial charge is 0.454 e. The Balaban J connectivity index is 1.35. The molecule has 1 N–H and O–H groups in total. The highest BCUT2D eigenvalue weighted by Crippen LogP contribution is 2.39. The van der Waals surface area contributed by atoms with Gasteiger partial charge in [-0.1, -0.05) is 54.5 Å². The number of hydrogen-bond acceptors (Lipinski definition) is 6. The van der Waals surface area contributed by atoms with Crippen LogP contribution in [0.3, 0.4) is 0 Å². The molecule has 9 heteroatoms. The zero-order valence-electron chi connectivity index (χ0n) is 21.2. The summed E-state index contributed by atoms with van der Waals surface area (Å²) < 4.78 is 12.5. The number of benzene rings is 3. The van der Waals surface area contributed by atoms with Crippen LogP contribution in [0.2, 0.25) is 0 Å². The van der Waals surface area contributed by atoms with E-state index >= 15 is 0 Å². The van der Waals surface area contributed by atoms with E-state index in [0.717, 1.165) is 35.0 Å². The summed E-state index contributed by atoms with van der Waals surface area (Å²) in [6.45, 7) is 2.50. The van der Waals surface area contributed by atoms with E-state index in [1.807, 2.05) is 55.5 Å². The van der Waals surface area contributed by atoms with Gasteiger partial charge in [0.25, 0.3) is 0 Å². The number of nitrogens with one attached hydrogen (secondary N) is 1. The van der Waals surface area contributed by atoms with Crippen LogP contribution in [0.5, 0.6) is 11.5 Å². The molecule has 0 saturated heterocycles. The molecule has 9 nitrogen and oxygen atoms in total. The topological polar surface area (TPSA) is 98.6 Å². The quantitative estimate of drug-likeness (QED) is 0.394. The number of aromatic nitrogens is 3. The van der Waals surface area contributed by atoms with E-state index in [-0.39, 0.29) is 25.2 Å². The Kier molecular flexibility index (Phi) is 6.19. The fourth-order valence-corrected chi connectivity index (χ4v) is 5.48. The van der Waals surface area contributed by atoms with Crippen LogP contribution in [-0.2, 0) is 22.7 Å². The maximum atomic E-state index is 14.1. The minimum atomic E-state index is -0.994. The molecule has 2 heterocycles. The van der Waals surface area contributed by atoms with Crippen molar-refractivity contribution in [2.24, 2.45) is 0 Å². The van der Waals surface area contributed by atoms with Gasteiger partial charge in [-0.3, -0.25) is 9.59 Å². The van der Waals surface area contributed by atoms with Gasteiger partial charge >= 0.3 is 0 Å². The highest BCUT2D eigenvalue weighted by Gasteiger charge is 2.48. The molecule has 2 amide bonds. The molecule has 38 heavy (non-hydrogen) atoms. The van der Waals surface area contributed by atoms with E-state index in [9.17, 15) is 9.59 Å². The van der Waals surface area contributed by atoms with Crippen molar-refractivity contribution in [2.45, 2.75) is 51.2 Å². The Morgan fingerprint density at radius 2 is 1.76 bits per heavy atom. The minimum absolute atomic E-state index is 0.00848. The van der Waals surface area contributed by atoms with Crippen LogP contribution >= 0.6 is 0 Å². The van der Waals surface area contributed by atoms with Crippen LogP contribution in [0.15, 0.2) is 66.7 Å². The molecule has 6 rings (SSSR count). The van der Waals surface area contributed by atoms with Gasteiger partial charge in [0.1, 0.15) is 17.6 Å². The smallest absolute Gasteiger partial charge is 0.250 e. The summed E-state index contributed by atoms with van der Waals surface area (Å²) in [5, 5.41) is 11.5. The molecule has 0 unspecified atom stereocenters. The second-order valence-electron chi connectivity index (χ2n) is 9.90. The number of fused-ring (bicyclic) bond motifs is 2. The van der Waals surface area contributed by atoms with E-state index in [4.69, 9.17) is 9.47 Å². The molecular formula is C29H29N5O4. The molecule has 1 aliphatic carbocycles. The number of ether oxygens (including phenoxy) is 2. The van der Waals surface area contributed by atoms with Crippen molar-refractivity contribution >= 4 is 28.5 Å². The summed E-state index contributed by atoms with van der Waals surface area (Å²) in [5.74, 6) is 0.870. The van der Waals surface area contributed by atoms with Crippen molar-refractivity contribution < 1.29 is 19.1 Å². The van der Waals surface area contributed by atoms with Crippen molar-refractivity contribution in [3.8, 4) is 11.5 Å². The summed E-state index contributed by atoms with van der Waals surface area (Å²) >= 11 is 0. The molecule has 0 radical (unpaired) electrons. The van der Waals surface area contributed by atoms with Crippen molar-refractivity contribution in [3.63, 3.8) is 0 Å². The summed E-state index contributed by atoms with van der Waals surface area (Å²) in [6.07, 6.45) is 2.88. The Morgan fingerprint density at radius 1 is 1.00 bits per heavy atom. The van der Waals surface area contributed by atoms with Gasteiger partial charge in [0, 0.05) is 18.3 Å². The lowest BCUT2D eigenvalue weighted by Gasteiger charge is -2.40. The molecule has 0 spiro atoms. The van der Waals surface area contributed by atoms with Crippen LogP contribution in [0.4, 0.5) is 5.69 Å². The molecule has 3 aromatic carbocycles. The Hall–Kier alpha value is -4.40. The third-order valence-electron chi connectivity index (χ3n) is 7.60. The summed E-state index contributed by atoms with van der Waals surface area (Å²) in [5.41, 5.74) is 3.19. The average molecular weight is 512 g/mol. The molecule has 1 aliphatic heterocycles. The third kappa shape index (κ3) is 4.34. The van der Waals surface area contributed by atoms with Crippen molar-refractivity contribution in [3.05, 3.63) is 77.9 Å². The normalized spacial score (nSPS) is 15.5. The van der Waals surface area contributed by atoms with Crippen LogP contribution in [0, 0.1) is 6.92 Å². The number of para-hydroxylation sites is 1. The molecule has 1 saturated carbocycles. The Bertz CT molecular complexity index is 1510. The number of rotatable bonds is 7. The number of anilines is 1. The first-order valence-electron chi connectivity index (χ1n) is 12.9.